The molecule has 14 heavy (non-hydrogen) atoms. The van der Waals surface area contributed by atoms with Gasteiger partial charge in [0, 0.05) is 19.7 Å². The van der Waals surface area contributed by atoms with Crippen molar-refractivity contribution in [1.82, 2.24) is 4.90 Å². The highest BCUT2D eigenvalue weighted by Gasteiger charge is 2.13. The molecule has 1 aromatic rings. The molecule has 0 aliphatic heterocycles. The summed E-state index contributed by atoms with van der Waals surface area (Å²) in [6.07, 6.45) is 1.68. The lowest BCUT2D eigenvalue weighted by atomic mass is 10.2. The van der Waals surface area contributed by atoms with Crippen molar-refractivity contribution in [3.8, 4) is 0 Å². The topological polar surface area (TPSA) is 51.6 Å². The molecule has 0 radical (unpaired) electrons. The van der Waals surface area contributed by atoms with E-state index in [1.54, 1.807) is 13.4 Å². The number of furan rings is 1. The van der Waals surface area contributed by atoms with Crippen LogP contribution in [0.15, 0.2) is 22.8 Å². The fourth-order valence-corrected chi connectivity index (χ4v) is 1.35. The summed E-state index contributed by atoms with van der Waals surface area (Å²) in [6, 6.07) is 4.08. The van der Waals surface area contributed by atoms with E-state index in [9.17, 15) is 0 Å². The molecule has 0 aliphatic rings. The Labute approximate surface area is 84.6 Å². The summed E-state index contributed by atoms with van der Waals surface area (Å²) in [7, 11) is 3.70. The van der Waals surface area contributed by atoms with Gasteiger partial charge in [-0.1, -0.05) is 0 Å². The second-order valence-electron chi connectivity index (χ2n) is 3.34. The molecule has 80 valence electrons. The van der Waals surface area contributed by atoms with Gasteiger partial charge in [0.2, 0.25) is 0 Å². The van der Waals surface area contributed by atoms with Crippen LogP contribution in [0.4, 0.5) is 0 Å². The predicted molar refractivity (Wildman–Crippen MR) is 54.9 cm³/mol. The zero-order valence-corrected chi connectivity index (χ0v) is 8.77. The molecule has 1 rings (SSSR count). The number of nitrogens with zero attached hydrogens (tertiary/aromatic N) is 1. The Hall–Kier alpha value is -0.840. The monoisotopic (exact) mass is 198 g/mol. The average molecular weight is 198 g/mol. The van der Waals surface area contributed by atoms with Crippen molar-refractivity contribution in [3.63, 3.8) is 0 Å². The Morgan fingerprint density at radius 1 is 1.64 bits per heavy atom. The van der Waals surface area contributed by atoms with Gasteiger partial charge in [-0.2, -0.15) is 0 Å². The van der Waals surface area contributed by atoms with Crippen LogP contribution in [0.3, 0.4) is 0 Å². The number of rotatable bonds is 6. The number of ether oxygens (including phenoxy) is 1. The second kappa shape index (κ2) is 5.80. The number of likely N-dealkylation sites (N-methyl/N-ethyl adjacent to an activating group) is 1. The standard InChI is InChI=1S/C10H18N2O2/c1-12(9(6-11)8-13-2)7-10-4-3-5-14-10/h3-5,9H,6-8,11H2,1-2H3. The molecule has 0 spiro atoms. The van der Waals surface area contributed by atoms with E-state index >= 15 is 0 Å². The summed E-state index contributed by atoms with van der Waals surface area (Å²) in [6.45, 7) is 2.00. The zero-order chi connectivity index (χ0) is 10.4. The number of hydrogen-bond donors (Lipinski definition) is 1. The maximum Gasteiger partial charge on any atom is 0.117 e. The highest BCUT2D eigenvalue weighted by Crippen LogP contribution is 2.06. The van der Waals surface area contributed by atoms with Crippen LogP contribution in [0, 0.1) is 0 Å². The molecule has 0 saturated heterocycles. The smallest absolute Gasteiger partial charge is 0.117 e. The Bertz CT molecular complexity index is 236. The molecular formula is C10H18N2O2. The fourth-order valence-electron chi connectivity index (χ4n) is 1.35. The molecule has 4 nitrogen and oxygen atoms in total. The Balaban J connectivity index is 2.43. The molecule has 0 saturated carbocycles. The first-order chi connectivity index (χ1) is 6.77. The maximum atomic E-state index is 5.64. The molecule has 0 bridgehead atoms. The lowest BCUT2D eigenvalue weighted by molar-refractivity contribution is 0.102. The molecule has 4 heteroatoms. The van der Waals surface area contributed by atoms with E-state index in [2.05, 4.69) is 4.90 Å². The van der Waals surface area contributed by atoms with Crippen LogP contribution in [0.25, 0.3) is 0 Å². The van der Waals surface area contributed by atoms with Gasteiger partial charge < -0.3 is 14.9 Å². The second-order valence-corrected chi connectivity index (χ2v) is 3.34. The van der Waals surface area contributed by atoms with Crippen molar-refractivity contribution >= 4 is 0 Å². The molecule has 1 unspecified atom stereocenters. The van der Waals surface area contributed by atoms with Gasteiger partial charge in [0.1, 0.15) is 5.76 Å². The van der Waals surface area contributed by atoms with Gasteiger partial charge in [0.15, 0.2) is 0 Å². The van der Waals surface area contributed by atoms with Gasteiger partial charge in [-0.25, -0.2) is 0 Å². The summed E-state index contributed by atoms with van der Waals surface area (Å²) in [4.78, 5) is 2.13. The Morgan fingerprint density at radius 2 is 2.43 bits per heavy atom. The van der Waals surface area contributed by atoms with E-state index in [4.69, 9.17) is 14.9 Å². The van der Waals surface area contributed by atoms with Crippen molar-refractivity contribution in [2.24, 2.45) is 5.73 Å². The first-order valence-electron chi connectivity index (χ1n) is 4.69. The molecular weight excluding hydrogens is 180 g/mol. The van der Waals surface area contributed by atoms with Crippen molar-refractivity contribution < 1.29 is 9.15 Å². The van der Waals surface area contributed by atoms with Crippen molar-refractivity contribution in [1.29, 1.82) is 0 Å². The minimum absolute atomic E-state index is 0.241. The van der Waals surface area contributed by atoms with Crippen LogP contribution in [0.1, 0.15) is 5.76 Å². The minimum Gasteiger partial charge on any atom is -0.468 e. The zero-order valence-electron chi connectivity index (χ0n) is 8.77. The molecule has 0 fully saturated rings. The first kappa shape index (κ1) is 11.2. The van der Waals surface area contributed by atoms with Crippen molar-refractivity contribution in [2.45, 2.75) is 12.6 Å². The number of methoxy groups -OCH3 is 1. The molecule has 1 heterocycles. The van der Waals surface area contributed by atoms with Gasteiger partial charge in [-0.15, -0.1) is 0 Å². The van der Waals surface area contributed by atoms with Crippen LogP contribution in [0.2, 0.25) is 0 Å². The quantitative estimate of drug-likeness (QED) is 0.730. The molecule has 0 aliphatic carbocycles. The number of nitrogens with two attached hydrogens (primary N) is 1. The van der Waals surface area contributed by atoms with E-state index in [1.807, 2.05) is 19.2 Å². The van der Waals surface area contributed by atoms with E-state index in [-0.39, 0.29) is 6.04 Å². The molecule has 1 aromatic heterocycles. The predicted octanol–water partition coefficient (Wildman–Crippen LogP) is 0.685. The van der Waals surface area contributed by atoms with Gasteiger partial charge >= 0.3 is 0 Å². The highest BCUT2D eigenvalue weighted by molar-refractivity contribution is 4.98. The summed E-state index contributed by atoms with van der Waals surface area (Å²) in [5.41, 5.74) is 5.64. The SMILES string of the molecule is COCC(CN)N(C)Cc1ccco1. The molecule has 0 aromatic carbocycles. The van der Waals surface area contributed by atoms with Crippen LogP contribution in [-0.4, -0.2) is 38.3 Å². The third-order valence-electron chi connectivity index (χ3n) is 2.24. The highest BCUT2D eigenvalue weighted by atomic mass is 16.5. The maximum absolute atomic E-state index is 5.64. The van der Waals surface area contributed by atoms with Crippen LogP contribution >= 0.6 is 0 Å². The summed E-state index contributed by atoms with van der Waals surface area (Å²) in [5.74, 6) is 0.946. The molecule has 0 amide bonds. The van der Waals surface area contributed by atoms with Gasteiger partial charge in [0.25, 0.3) is 0 Å². The fraction of sp³-hybridized carbons (Fsp3) is 0.600. The van der Waals surface area contributed by atoms with E-state index in [0.29, 0.717) is 13.2 Å². The van der Waals surface area contributed by atoms with E-state index < -0.39 is 0 Å². The van der Waals surface area contributed by atoms with Gasteiger partial charge in [-0.3, -0.25) is 4.90 Å². The third-order valence-corrected chi connectivity index (χ3v) is 2.24. The van der Waals surface area contributed by atoms with Crippen LogP contribution in [0.5, 0.6) is 0 Å². The Kier molecular flexibility index (Phi) is 4.65. The third kappa shape index (κ3) is 3.14. The van der Waals surface area contributed by atoms with Gasteiger partial charge in [-0.05, 0) is 19.2 Å². The first-order valence-corrected chi connectivity index (χ1v) is 4.69. The van der Waals surface area contributed by atoms with Crippen molar-refractivity contribution in [2.75, 3.05) is 27.3 Å². The lowest BCUT2D eigenvalue weighted by Gasteiger charge is -2.25. The summed E-state index contributed by atoms with van der Waals surface area (Å²) in [5, 5.41) is 0. The van der Waals surface area contributed by atoms with E-state index in [0.717, 1.165) is 12.3 Å². The largest absolute Gasteiger partial charge is 0.468 e. The van der Waals surface area contributed by atoms with E-state index in [1.165, 1.54) is 0 Å². The van der Waals surface area contributed by atoms with Gasteiger partial charge in [0.05, 0.1) is 19.4 Å². The Morgan fingerprint density at radius 3 is 2.93 bits per heavy atom. The lowest BCUT2D eigenvalue weighted by Crippen LogP contribution is -2.40. The summed E-state index contributed by atoms with van der Waals surface area (Å²) < 4.78 is 10.3. The van der Waals surface area contributed by atoms with Crippen LogP contribution < -0.4 is 5.73 Å². The molecule has 2 N–H and O–H groups in total. The normalized spacial score (nSPS) is 13.4. The molecule has 1 atom stereocenters. The minimum atomic E-state index is 0.241. The average Bonchev–Trinajstić information content (AvgIpc) is 2.66. The number of hydrogen-bond acceptors (Lipinski definition) is 4. The van der Waals surface area contributed by atoms with Crippen molar-refractivity contribution in [3.05, 3.63) is 24.2 Å². The summed E-state index contributed by atoms with van der Waals surface area (Å²) >= 11 is 0. The van der Waals surface area contributed by atoms with Crippen LogP contribution in [-0.2, 0) is 11.3 Å².